The van der Waals surface area contributed by atoms with Gasteiger partial charge in [-0.3, -0.25) is 4.90 Å². The number of methoxy groups -OCH3 is 1. The molecule has 4 N–H and O–H groups in total. The van der Waals surface area contributed by atoms with Crippen LogP contribution in [0.25, 0.3) is 10.1 Å². The third kappa shape index (κ3) is 9.42. The number of nitrogens with two attached hydrogens (primary N) is 1. The fourth-order valence-electron chi connectivity index (χ4n) is 5.43. The van der Waals surface area contributed by atoms with Gasteiger partial charge in [0.15, 0.2) is 6.10 Å². The van der Waals surface area contributed by atoms with E-state index in [-0.39, 0.29) is 54.7 Å². The summed E-state index contributed by atoms with van der Waals surface area (Å²) in [6.07, 6.45) is -4.85. The monoisotopic (exact) mass is 696 g/mol. The molecule has 2 aliphatic rings. The van der Waals surface area contributed by atoms with E-state index in [0.29, 0.717) is 27.2 Å². The van der Waals surface area contributed by atoms with Crippen molar-refractivity contribution in [3.05, 3.63) is 46.8 Å². The molecular weight excluding hydrogens is 661 g/mol. The van der Waals surface area contributed by atoms with E-state index in [9.17, 15) is 26.4 Å². The number of anilines is 2. The molecular formula is C31H35F3N4O7S2. The molecule has 3 aromatic rings. The average Bonchev–Trinajstić information content (AvgIpc) is 3.58. The minimum atomic E-state index is -4.43. The first-order valence-corrected chi connectivity index (χ1v) is 17.2. The Bertz CT molecular complexity index is 1750. The third-order valence-electron chi connectivity index (χ3n) is 7.65. The van der Waals surface area contributed by atoms with Gasteiger partial charge in [0.05, 0.1) is 45.4 Å². The van der Waals surface area contributed by atoms with Crippen molar-refractivity contribution in [1.29, 1.82) is 0 Å². The first kappa shape index (κ1) is 34.6. The number of piperidine rings is 1. The Kier molecular flexibility index (Phi) is 11.0. The molecule has 1 atom stereocenters. The number of cyclic esters (lactones) is 2. The van der Waals surface area contributed by atoms with Crippen LogP contribution in [-0.2, 0) is 30.7 Å². The number of primary sulfonamides is 1. The molecule has 2 saturated heterocycles. The zero-order valence-corrected chi connectivity index (χ0v) is 27.2. The van der Waals surface area contributed by atoms with Gasteiger partial charge in [0, 0.05) is 38.9 Å². The summed E-state index contributed by atoms with van der Waals surface area (Å²) in [7, 11) is -2.47. The SMILES string of the molecule is COCCOc1cc(S(N)(=O)=O)ccc1NCC#Cc1sc2c(NC3CCN(CC4COC(=O)O4)CC3)cccc2c1CC(F)(F)F. The van der Waals surface area contributed by atoms with Gasteiger partial charge in [-0.15, -0.1) is 11.3 Å². The molecule has 0 spiro atoms. The smallest absolute Gasteiger partial charge is 0.489 e. The van der Waals surface area contributed by atoms with Crippen molar-refractivity contribution < 1.29 is 45.3 Å². The molecule has 0 radical (unpaired) electrons. The second-order valence-corrected chi connectivity index (χ2v) is 13.7. The molecule has 1 aromatic heterocycles. The van der Waals surface area contributed by atoms with Crippen molar-refractivity contribution in [3.8, 4) is 17.6 Å². The lowest BCUT2D eigenvalue weighted by atomic mass is 10.0. The summed E-state index contributed by atoms with van der Waals surface area (Å²) in [5.74, 6) is 6.05. The Balaban J connectivity index is 1.30. The highest BCUT2D eigenvalue weighted by Crippen LogP contribution is 2.39. The highest BCUT2D eigenvalue weighted by atomic mass is 32.2. The van der Waals surface area contributed by atoms with Crippen LogP contribution in [0.4, 0.5) is 29.3 Å². The van der Waals surface area contributed by atoms with Crippen molar-refractivity contribution in [1.82, 2.24) is 4.90 Å². The van der Waals surface area contributed by atoms with Crippen molar-refractivity contribution >= 4 is 49.0 Å². The number of halogens is 3. The molecule has 47 heavy (non-hydrogen) atoms. The highest BCUT2D eigenvalue weighted by molar-refractivity contribution is 7.89. The van der Waals surface area contributed by atoms with Gasteiger partial charge in [0.2, 0.25) is 10.0 Å². The van der Waals surface area contributed by atoms with Gasteiger partial charge in [-0.25, -0.2) is 18.4 Å². The summed E-state index contributed by atoms with van der Waals surface area (Å²) in [5.41, 5.74) is 1.31. The molecule has 3 heterocycles. The first-order valence-electron chi connectivity index (χ1n) is 14.8. The van der Waals surface area contributed by atoms with Crippen LogP contribution < -0.4 is 20.5 Å². The van der Waals surface area contributed by atoms with Crippen LogP contribution in [0.1, 0.15) is 23.3 Å². The number of likely N-dealkylation sites (tertiary alicyclic amines) is 1. The van der Waals surface area contributed by atoms with E-state index in [1.807, 2.05) is 6.07 Å². The number of rotatable bonds is 12. The number of carbonyl (C=O) groups is 1. The number of ether oxygens (including phenoxy) is 4. The van der Waals surface area contributed by atoms with Gasteiger partial charge >= 0.3 is 12.3 Å². The topological polar surface area (TPSA) is 141 Å². The lowest BCUT2D eigenvalue weighted by Gasteiger charge is -2.33. The van der Waals surface area contributed by atoms with Gasteiger partial charge in [0.25, 0.3) is 0 Å². The minimum absolute atomic E-state index is 0.0466. The second kappa shape index (κ2) is 15.0. The maximum atomic E-state index is 13.7. The van der Waals surface area contributed by atoms with Crippen molar-refractivity contribution in [2.24, 2.45) is 5.14 Å². The average molecular weight is 697 g/mol. The lowest BCUT2D eigenvalue weighted by Crippen LogP contribution is -2.43. The zero-order valence-electron chi connectivity index (χ0n) is 25.5. The molecule has 11 nitrogen and oxygen atoms in total. The van der Waals surface area contributed by atoms with E-state index >= 15 is 0 Å². The van der Waals surface area contributed by atoms with Gasteiger partial charge in [-0.05, 0) is 42.0 Å². The normalized spacial score (nSPS) is 17.6. The summed E-state index contributed by atoms with van der Waals surface area (Å²) in [5, 5.41) is 12.3. The molecule has 254 valence electrons. The Morgan fingerprint density at radius 1 is 1.15 bits per heavy atom. The summed E-state index contributed by atoms with van der Waals surface area (Å²) in [4.78, 5) is 13.6. The Morgan fingerprint density at radius 3 is 2.62 bits per heavy atom. The van der Waals surface area contributed by atoms with E-state index < -0.39 is 28.8 Å². The Labute approximate surface area is 274 Å². The van der Waals surface area contributed by atoms with Crippen LogP contribution in [0.3, 0.4) is 0 Å². The maximum absolute atomic E-state index is 13.7. The van der Waals surface area contributed by atoms with Crippen molar-refractivity contribution in [2.45, 2.75) is 42.5 Å². The van der Waals surface area contributed by atoms with Crippen LogP contribution in [-0.4, -0.2) is 90.9 Å². The number of nitrogens with one attached hydrogen (secondary N) is 2. The van der Waals surface area contributed by atoms with Crippen LogP contribution >= 0.6 is 11.3 Å². The van der Waals surface area contributed by atoms with Crippen molar-refractivity contribution in [2.75, 3.05) is 63.7 Å². The zero-order chi connectivity index (χ0) is 33.6. The maximum Gasteiger partial charge on any atom is 0.508 e. The number of alkyl halides is 3. The summed E-state index contributed by atoms with van der Waals surface area (Å²) >= 11 is 1.21. The number of nitrogens with zero attached hydrogens (tertiary/aromatic N) is 1. The van der Waals surface area contributed by atoms with Crippen LogP contribution in [0.15, 0.2) is 41.3 Å². The Hall–Kier alpha value is -3.75. The number of thiophene rings is 1. The molecule has 0 bridgehead atoms. The molecule has 1 unspecified atom stereocenters. The van der Waals surface area contributed by atoms with Crippen molar-refractivity contribution in [3.63, 3.8) is 0 Å². The first-order chi connectivity index (χ1) is 22.4. The van der Waals surface area contributed by atoms with E-state index in [1.54, 1.807) is 12.1 Å². The van der Waals surface area contributed by atoms with Gasteiger partial charge in [0.1, 0.15) is 19.0 Å². The standard InChI is InChI=1S/C31H35F3N4O7S2/c1-42-14-15-43-27-16-22(47(35,40)41)7-8-25(27)36-11-3-6-28-24(17-31(32,33)34)23-4-2-5-26(29(23)46-28)37-20-9-12-38(13-10-20)18-21-19-44-30(39)45-21/h2,4-5,7-8,16,20-21,36-37H,9-15,17-19H2,1H3,(H2,35,40,41). The second-order valence-electron chi connectivity index (χ2n) is 11.1. The molecule has 5 rings (SSSR count). The number of fused-ring (bicyclic) bond motifs is 1. The van der Waals surface area contributed by atoms with Crippen LogP contribution in [0, 0.1) is 11.8 Å². The van der Waals surface area contributed by atoms with Crippen LogP contribution in [0.2, 0.25) is 0 Å². The van der Waals surface area contributed by atoms with E-state index in [0.717, 1.165) is 31.6 Å². The van der Waals surface area contributed by atoms with Gasteiger partial charge < -0.3 is 29.6 Å². The number of carbonyl (C=O) groups excluding carboxylic acids is 1. The molecule has 0 aliphatic carbocycles. The molecule has 0 saturated carbocycles. The third-order valence-corrected chi connectivity index (χ3v) is 9.76. The minimum Gasteiger partial charge on any atom is -0.489 e. The number of hydrogen-bond donors (Lipinski definition) is 3. The molecule has 16 heteroatoms. The van der Waals surface area contributed by atoms with E-state index in [4.69, 9.17) is 24.1 Å². The molecule has 2 fully saturated rings. The molecule has 2 aromatic carbocycles. The summed E-state index contributed by atoms with van der Waals surface area (Å²) in [6, 6.07) is 9.51. The quantitative estimate of drug-likeness (QED) is 0.140. The van der Waals surface area contributed by atoms with Gasteiger partial charge in [-0.1, -0.05) is 24.0 Å². The fraction of sp³-hybridized carbons (Fsp3) is 0.452. The number of sulfonamides is 1. The lowest BCUT2D eigenvalue weighted by molar-refractivity contribution is -0.126. The Morgan fingerprint density at radius 2 is 1.94 bits per heavy atom. The molecule has 0 amide bonds. The predicted octanol–water partition coefficient (Wildman–Crippen LogP) is 4.55. The van der Waals surface area contributed by atoms with Gasteiger partial charge in [-0.2, -0.15) is 13.2 Å². The van der Waals surface area contributed by atoms with E-state index in [2.05, 4.69) is 27.4 Å². The number of benzene rings is 2. The summed E-state index contributed by atoms with van der Waals surface area (Å²) in [6.45, 7) is 2.86. The predicted molar refractivity (Wildman–Crippen MR) is 171 cm³/mol. The van der Waals surface area contributed by atoms with Crippen LogP contribution in [0.5, 0.6) is 5.75 Å². The number of hydrogen-bond acceptors (Lipinski definition) is 11. The highest BCUT2D eigenvalue weighted by Gasteiger charge is 2.32. The van der Waals surface area contributed by atoms with E-state index in [1.165, 1.54) is 36.6 Å². The largest absolute Gasteiger partial charge is 0.508 e. The fourth-order valence-corrected chi connectivity index (χ4v) is 7.13. The molecule has 2 aliphatic heterocycles. The summed E-state index contributed by atoms with van der Waals surface area (Å²) < 4.78 is 86.1.